The van der Waals surface area contributed by atoms with Gasteiger partial charge in [0, 0.05) is 31.2 Å². The second-order valence-corrected chi connectivity index (χ2v) is 5.34. The van der Waals surface area contributed by atoms with E-state index in [1.54, 1.807) is 6.07 Å². The van der Waals surface area contributed by atoms with Crippen molar-refractivity contribution in [3.8, 4) is 5.75 Å². The van der Waals surface area contributed by atoms with Crippen molar-refractivity contribution in [3.63, 3.8) is 0 Å². The Balaban J connectivity index is 2.01. The third-order valence-electron chi connectivity index (χ3n) is 3.79. The lowest BCUT2D eigenvalue weighted by molar-refractivity contribution is -0.0113. The Kier molecular flexibility index (Phi) is 6.42. The molecule has 1 atom stereocenters. The van der Waals surface area contributed by atoms with Gasteiger partial charge >= 0.3 is 0 Å². The molecule has 1 aliphatic heterocycles. The maximum atomic E-state index is 14.3. The summed E-state index contributed by atoms with van der Waals surface area (Å²) >= 11 is 0. The first-order chi connectivity index (χ1) is 10.3. The molecule has 0 saturated carbocycles. The first-order valence-corrected chi connectivity index (χ1v) is 7.60. The Labute approximate surface area is 126 Å². The van der Waals surface area contributed by atoms with Crippen molar-refractivity contribution in [2.24, 2.45) is 0 Å². The summed E-state index contributed by atoms with van der Waals surface area (Å²) in [5.41, 5.74) is 0.678. The molecule has 118 valence electrons. The molecule has 1 aromatic carbocycles. The largest absolute Gasteiger partial charge is 0.494 e. The number of benzene rings is 1. The molecule has 1 aliphatic rings. The summed E-state index contributed by atoms with van der Waals surface area (Å²) in [4.78, 5) is 2.28. The molecule has 1 unspecified atom stereocenters. The minimum absolute atomic E-state index is 0.258. The number of methoxy groups -OCH3 is 1. The Bertz CT molecular complexity index is 442. The van der Waals surface area contributed by atoms with Crippen LogP contribution in [0.4, 0.5) is 4.39 Å². The van der Waals surface area contributed by atoms with E-state index in [4.69, 9.17) is 9.47 Å². The molecule has 1 aromatic rings. The molecular formula is C16H25FN2O2. The highest BCUT2D eigenvalue weighted by Crippen LogP contribution is 2.22. The molecular weight excluding hydrogens is 271 g/mol. The van der Waals surface area contributed by atoms with Crippen LogP contribution in [0.15, 0.2) is 18.2 Å². The maximum absolute atomic E-state index is 14.3. The monoisotopic (exact) mass is 296 g/mol. The van der Waals surface area contributed by atoms with Gasteiger partial charge in [0.25, 0.3) is 0 Å². The molecule has 2 rings (SSSR count). The van der Waals surface area contributed by atoms with Crippen LogP contribution in [-0.4, -0.2) is 50.9 Å². The number of ether oxygens (including phenoxy) is 2. The molecule has 4 nitrogen and oxygen atoms in total. The van der Waals surface area contributed by atoms with Crippen LogP contribution in [0.25, 0.3) is 0 Å². The standard InChI is InChI=1S/C16H25FN2O2/c1-3-7-18-10-14-12-21-9-8-19(14)11-13-5-4-6-15(20-2)16(13)17/h4-6,14,18H,3,7-12H2,1-2H3. The van der Waals surface area contributed by atoms with E-state index in [2.05, 4.69) is 17.1 Å². The predicted octanol–water partition coefficient (Wildman–Crippen LogP) is 2.03. The second kappa shape index (κ2) is 8.32. The lowest BCUT2D eigenvalue weighted by Crippen LogP contribution is -2.50. The highest BCUT2D eigenvalue weighted by Gasteiger charge is 2.24. The number of morpholine rings is 1. The van der Waals surface area contributed by atoms with Gasteiger partial charge in [0.05, 0.1) is 20.3 Å². The van der Waals surface area contributed by atoms with E-state index in [0.29, 0.717) is 31.1 Å². The molecule has 0 bridgehead atoms. The quantitative estimate of drug-likeness (QED) is 0.781. The van der Waals surface area contributed by atoms with Crippen molar-refractivity contribution >= 4 is 0 Å². The van der Waals surface area contributed by atoms with Crippen molar-refractivity contribution in [2.75, 3.05) is 40.0 Å². The first-order valence-electron chi connectivity index (χ1n) is 7.60. The zero-order chi connectivity index (χ0) is 15.1. The van der Waals surface area contributed by atoms with Gasteiger partial charge in [0.15, 0.2) is 11.6 Å². The zero-order valence-electron chi connectivity index (χ0n) is 12.9. The molecule has 1 fully saturated rings. The van der Waals surface area contributed by atoms with E-state index < -0.39 is 0 Å². The van der Waals surface area contributed by atoms with Gasteiger partial charge in [0.2, 0.25) is 0 Å². The van der Waals surface area contributed by atoms with Gasteiger partial charge in [-0.05, 0) is 19.0 Å². The molecule has 21 heavy (non-hydrogen) atoms. The van der Waals surface area contributed by atoms with E-state index >= 15 is 0 Å². The second-order valence-electron chi connectivity index (χ2n) is 5.34. The Morgan fingerprint density at radius 1 is 1.48 bits per heavy atom. The Hall–Kier alpha value is -1.17. The van der Waals surface area contributed by atoms with Crippen LogP contribution in [0, 0.1) is 5.82 Å². The van der Waals surface area contributed by atoms with Crippen LogP contribution in [0.5, 0.6) is 5.75 Å². The summed E-state index contributed by atoms with van der Waals surface area (Å²) in [7, 11) is 1.49. The summed E-state index contributed by atoms with van der Waals surface area (Å²) in [6.07, 6.45) is 1.11. The van der Waals surface area contributed by atoms with Gasteiger partial charge in [-0.3, -0.25) is 4.90 Å². The van der Waals surface area contributed by atoms with E-state index in [-0.39, 0.29) is 11.9 Å². The average Bonchev–Trinajstić information content (AvgIpc) is 2.51. The maximum Gasteiger partial charge on any atom is 0.169 e. The van der Waals surface area contributed by atoms with Gasteiger partial charge in [-0.25, -0.2) is 4.39 Å². The van der Waals surface area contributed by atoms with E-state index in [1.807, 2.05) is 12.1 Å². The number of halogens is 1. The van der Waals surface area contributed by atoms with E-state index in [1.165, 1.54) is 7.11 Å². The fourth-order valence-corrected chi connectivity index (χ4v) is 2.59. The summed E-state index contributed by atoms with van der Waals surface area (Å²) in [6, 6.07) is 5.60. The number of hydrogen-bond acceptors (Lipinski definition) is 4. The molecule has 0 amide bonds. The molecule has 1 N–H and O–H groups in total. The van der Waals surface area contributed by atoms with Gasteiger partial charge in [0.1, 0.15) is 0 Å². The SMILES string of the molecule is CCCNCC1COCCN1Cc1cccc(OC)c1F. The molecule has 5 heteroatoms. The average molecular weight is 296 g/mol. The van der Waals surface area contributed by atoms with Crippen LogP contribution in [-0.2, 0) is 11.3 Å². The van der Waals surface area contributed by atoms with E-state index in [9.17, 15) is 4.39 Å². The highest BCUT2D eigenvalue weighted by molar-refractivity contribution is 5.31. The first kappa shape index (κ1) is 16.2. The van der Waals surface area contributed by atoms with Crippen molar-refractivity contribution in [3.05, 3.63) is 29.6 Å². The van der Waals surface area contributed by atoms with Gasteiger partial charge in [-0.1, -0.05) is 19.1 Å². The third kappa shape index (κ3) is 4.40. The van der Waals surface area contributed by atoms with Gasteiger partial charge in [-0.15, -0.1) is 0 Å². The zero-order valence-corrected chi connectivity index (χ0v) is 12.9. The molecule has 0 radical (unpaired) electrons. The van der Waals surface area contributed by atoms with Crippen LogP contribution in [0.2, 0.25) is 0 Å². The van der Waals surface area contributed by atoms with Gasteiger partial charge < -0.3 is 14.8 Å². The summed E-state index contributed by atoms with van der Waals surface area (Å²) in [6.45, 7) is 6.84. The van der Waals surface area contributed by atoms with Crippen LogP contribution in [0.1, 0.15) is 18.9 Å². The highest BCUT2D eigenvalue weighted by atomic mass is 19.1. The lowest BCUT2D eigenvalue weighted by atomic mass is 10.1. The normalized spacial score (nSPS) is 19.7. The number of nitrogens with one attached hydrogen (secondary N) is 1. The molecule has 1 heterocycles. The van der Waals surface area contributed by atoms with Crippen molar-refractivity contribution in [2.45, 2.75) is 25.9 Å². The summed E-state index contributed by atoms with van der Waals surface area (Å²) < 4.78 is 24.9. The molecule has 1 saturated heterocycles. The lowest BCUT2D eigenvalue weighted by Gasteiger charge is -2.35. The van der Waals surface area contributed by atoms with Gasteiger partial charge in [-0.2, -0.15) is 0 Å². The van der Waals surface area contributed by atoms with Crippen LogP contribution in [0.3, 0.4) is 0 Å². The Morgan fingerprint density at radius 2 is 2.33 bits per heavy atom. The summed E-state index contributed by atoms with van der Waals surface area (Å²) in [5.74, 6) is 0.0492. The van der Waals surface area contributed by atoms with Crippen LogP contribution < -0.4 is 10.1 Å². The fourth-order valence-electron chi connectivity index (χ4n) is 2.59. The minimum Gasteiger partial charge on any atom is -0.494 e. The smallest absolute Gasteiger partial charge is 0.169 e. The molecule has 0 aromatic heterocycles. The van der Waals surface area contributed by atoms with Crippen molar-refractivity contribution in [1.82, 2.24) is 10.2 Å². The predicted molar refractivity (Wildman–Crippen MR) is 81.1 cm³/mol. The Morgan fingerprint density at radius 3 is 3.10 bits per heavy atom. The van der Waals surface area contributed by atoms with Crippen LogP contribution >= 0.6 is 0 Å². The molecule has 0 spiro atoms. The number of hydrogen-bond donors (Lipinski definition) is 1. The number of rotatable bonds is 7. The topological polar surface area (TPSA) is 33.7 Å². The summed E-state index contributed by atoms with van der Waals surface area (Å²) in [5, 5.41) is 3.42. The molecule has 0 aliphatic carbocycles. The van der Waals surface area contributed by atoms with Crippen molar-refractivity contribution < 1.29 is 13.9 Å². The fraction of sp³-hybridized carbons (Fsp3) is 0.625. The minimum atomic E-state index is -0.258. The third-order valence-corrected chi connectivity index (χ3v) is 3.79. The number of nitrogens with zero attached hydrogens (tertiary/aromatic N) is 1. The van der Waals surface area contributed by atoms with E-state index in [0.717, 1.165) is 26.1 Å². The van der Waals surface area contributed by atoms with Crippen molar-refractivity contribution in [1.29, 1.82) is 0 Å².